The number of carbonyl (C=O) groups excluding carboxylic acids is 5. The first-order valence-electron chi connectivity index (χ1n) is 24.0. The number of ether oxygens (including phenoxy) is 7. The van der Waals surface area contributed by atoms with Crippen LogP contribution in [-0.4, -0.2) is 75.3 Å². The number of carbonyl (C=O) groups is 5. The second-order valence-corrected chi connectivity index (χ2v) is 15.9. The quantitative estimate of drug-likeness (QED) is 0.00494. The van der Waals surface area contributed by atoms with Gasteiger partial charge in [-0.05, 0) is 147 Å². The van der Waals surface area contributed by atoms with E-state index in [1.807, 2.05) is 31.2 Å². The Bertz CT molecular complexity index is 2460. The monoisotopic (exact) mass is 988 g/mol. The van der Waals surface area contributed by atoms with Gasteiger partial charge in [-0.2, -0.15) is 15.1 Å². The molecule has 0 bridgehead atoms. The van der Waals surface area contributed by atoms with Crippen LogP contribution in [-0.2, 0) is 40.0 Å². The SMILES string of the molecule is C=CC(=O)OCCCCCCOc1ccc(COOc2ccc(/C=N/N=C/c3ccc(OC(=O)c4ccc(OCCCCCCOC(=O)C=C)cc4)c(C(=O)OC(=C)CC)c3)cc2C(=O)OCCCC)cc1. The van der Waals surface area contributed by atoms with Crippen molar-refractivity contribution in [1.29, 1.82) is 0 Å². The lowest BCUT2D eigenvalue weighted by atomic mass is 10.1. The van der Waals surface area contributed by atoms with E-state index < -0.39 is 29.8 Å². The van der Waals surface area contributed by atoms with Crippen molar-refractivity contribution in [1.82, 2.24) is 0 Å². The molecule has 0 spiro atoms. The average Bonchev–Trinajstić information content (AvgIpc) is 3.39. The predicted octanol–water partition coefficient (Wildman–Crippen LogP) is 11.2. The first-order valence-corrected chi connectivity index (χ1v) is 24.0. The summed E-state index contributed by atoms with van der Waals surface area (Å²) in [6, 6.07) is 23.1. The second kappa shape index (κ2) is 32.9. The molecule has 4 aromatic carbocycles. The second-order valence-electron chi connectivity index (χ2n) is 15.9. The summed E-state index contributed by atoms with van der Waals surface area (Å²) in [6.45, 7) is 16.4. The molecule has 0 amide bonds. The summed E-state index contributed by atoms with van der Waals surface area (Å²) in [5, 5.41) is 8.29. The summed E-state index contributed by atoms with van der Waals surface area (Å²) in [4.78, 5) is 73.1. The molecule has 0 N–H and O–H groups in total. The molecule has 0 heterocycles. The Balaban J connectivity index is 1.34. The Morgan fingerprint density at radius 1 is 0.542 bits per heavy atom. The lowest BCUT2D eigenvalue weighted by Gasteiger charge is -2.12. The third-order valence-corrected chi connectivity index (χ3v) is 10.3. The van der Waals surface area contributed by atoms with Crippen LogP contribution in [0.1, 0.15) is 132 Å². The molecule has 0 aliphatic carbocycles. The number of nitrogens with zero attached hydrogens (tertiary/aromatic N) is 2. The van der Waals surface area contributed by atoms with Crippen molar-refractivity contribution >= 4 is 42.3 Å². The summed E-state index contributed by atoms with van der Waals surface area (Å²) < 4.78 is 38.2. The van der Waals surface area contributed by atoms with Gasteiger partial charge >= 0.3 is 29.8 Å². The van der Waals surface area contributed by atoms with Crippen molar-refractivity contribution in [3.8, 4) is 23.0 Å². The van der Waals surface area contributed by atoms with E-state index in [1.54, 1.807) is 55.5 Å². The highest BCUT2D eigenvalue weighted by atomic mass is 17.2. The highest BCUT2D eigenvalue weighted by Gasteiger charge is 2.20. The molecule has 0 aliphatic heterocycles. The molecule has 0 saturated carbocycles. The van der Waals surface area contributed by atoms with Gasteiger partial charge in [-0.15, -0.1) is 0 Å². The van der Waals surface area contributed by atoms with E-state index >= 15 is 0 Å². The smallest absolute Gasteiger partial charge is 0.347 e. The van der Waals surface area contributed by atoms with Crippen molar-refractivity contribution in [2.24, 2.45) is 10.2 Å². The molecule has 72 heavy (non-hydrogen) atoms. The van der Waals surface area contributed by atoms with E-state index in [0.717, 1.165) is 75.5 Å². The fourth-order valence-electron chi connectivity index (χ4n) is 6.23. The maximum atomic E-state index is 13.3. The lowest BCUT2D eigenvalue weighted by molar-refractivity contribution is -0.217. The molecule has 4 rings (SSSR count). The van der Waals surface area contributed by atoms with Crippen molar-refractivity contribution < 1.29 is 66.9 Å². The maximum absolute atomic E-state index is 13.3. The van der Waals surface area contributed by atoms with Crippen molar-refractivity contribution in [2.75, 3.05) is 33.0 Å². The Labute approximate surface area is 421 Å². The fraction of sp³-hybridized carbons (Fsp3) is 0.339. The topological polar surface area (TPSA) is 193 Å². The molecular weight excluding hydrogens is 925 g/mol. The zero-order chi connectivity index (χ0) is 51.8. The number of rotatable bonds is 34. The molecule has 382 valence electrons. The highest BCUT2D eigenvalue weighted by molar-refractivity contribution is 5.98. The Morgan fingerprint density at radius 3 is 1.57 bits per heavy atom. The van der Waals surface area contributed by atoms with E-state index in [-0.39, 0.29) is 47.2 Å². The standard InChI is InChI=1S/C56H64N2O14/c1-6-10-31-68-55(62)49-37-44(22-30-51(49)72-69-40-42-19-25-46(26-20-42)64-32-15-11-13-17-34-66-52(59)8-3)39-58-57-38-43-21-29-50(48(36-43)56(63)70-41(5)7-2)71-54(61)45-23-27-47(28-24-45)65-33-16-12-14-18-35-67-53(60)9-4/h8-9,19-30,36-39H,3-7,10-18,31-35,40H2,1-2H3/b57-38+,58-39+. The minimum Gasteiger partial charge on any atom is -0.494 e. The van der Waals surface area contributed by atoms with E-state index in [1.165, 1.54) is 24.6 Å². The molecule has 0 aliphatic rings. The van der Waals surface area contributed by atoms with Gasteiger partial charge < -0.3 is 38.0 Å². The molecule has 16 heteroatoms. The van der Waals surface area contributed by atoms with Crippen molar-refractivity contribution in [3.63, 3.8) is 0 Å². The maximum Gasteiger partial charge on any atom is 0.347 e. The number of unbranched alkanes of at least 4 members (excludes halogenated alkanes) is 7. The largest absolute Gasteiger partial charge is 0.494 e. The van der Waals surface area contributed by atoms with Gasteiger partial charge in [0.1, 0.15) is 40.7 Å². The van der Waals surface area contributed by atoms with Gasteiger partial charge in [0.2, 0.25) is 0 Å². The minimum absolute atomic E-state index is 0.0380. The zero-order valence-electron chi connectivity index (χ0n) is 41.1. The number of esters is 5. The molecule has 0 radical (unpaired) electrons. The fourth-order valence-corrected chi connectivity index (χ4v) is 6.23. The third-order valence-electron chi connectivity index (χ3n) is 10.3. The van der Waals surface area contributed by atoms with Gasteiger partial charge in [0.25, 0.3) is 0 Å². The highest BCUT2D eigenvalue weighted by Crippen LogP contribution is 2.26. The molecule has 0 atom stereocenters. The summed E-state index contributed by atoms with van der Waals surface area (Å²) in [5.41, 5.74) is 2.07. The van der Waals surface area contributed by atoms with Crippen LogP contribution in [0, 0.1) is 0 Å². The summed E-state index contributed by atoms with van der Waals surface area (Å²) in [6.07, 6.45) is 13.9. The van der Waals surface area contributed by atoms with Gasteiger partial charge in [-0.25, -0.2) is 24.0 Å². The van der Waals surface area contributed by atoms with Gasteiger partial charge in [0, 0.05) is 18.6 Å². The van der Waals surface area contributed by atoms with E-state index in [9.17, 15) is 24.0 Å². The van der Waals surface area contributed by atoms with Crippen LogP contribution in [0.3, 0.4) is 0 Å². The summed E-state index contributed by atoms with van der Waals surface area (Å²) >= 11 is 0. The Kier molecular flexibility index (Phi) is 25.9. The number of hydrogen-bond acceptors (Lipinski definition) is 16. The summed E-state index contributed by atoms with van der Waals surface area (Å²) in [7, 11) is 0. The van der Waals surface area contributed by atoms with Crippen LogP contribution in [0.15, 0.2) is 133 Å². The first-order chi connectivity index (χ1) is 35.0. The zero-order valence-corrected chi connectivity index (χ0v) is 41.1. The van der Waals surface area contributed by atoms with Gasteiger partial charge in [-0.3, -0.25) is 0 Å². The van der Waals surface area contributed by atoms with Crippen LogP contribution in [0.25, 0.3) is 0 Å². The summed E-state index contributed by atoms with van der Waals surface area (Å²) in [5.74, 6) is -1.30. The van der Waals surface area contributed by atoms with Crippen LogP contribution >= 0.6 is 0 Å². The number of hydrogen-bond donors (Lipinski definition) is 0. The van der Waals surface area contributed by atoms with Crippen molar-refractivity contribution in [2.45, 2.75) is 91.1 Å². The van der Waals surface area contributed by atoms with Crippen LogP contribution < -0.4 is 19.1 Å². The average molecular weight is 989 g/mol. The van der Waals surface area contributed by atoms with Crippen LogP contribution in [0.5, 0.6) is 23.0 Å². The molecule has 0 fully saturated rings. The van der Waals surface area contributed by atoms with E-state index in [0.29, 0.717) is 61.9 Å². The molecule has 0 unspecified atom stereocenters. The van der Waals surface area contributed by atoms with Gasteiger partial charge in [0.15, 0.2) is 5.75 Å². The van der Waals surface area contributed by atoms with Gasteiger partial charge in [-0.1, -0.05) is 52.1 Å². The molecule has 16 nitrogen and oxygen atoms in total. The first kappa shape index (κ1) is 56.7. The Hall–Kier alpha value is -7.85. The number of allylic oxidation sites excluding steroid dienone is 1. The normalized spacial score (nSPS) is 10.9. The van der Waals surface area contributed by atoms with E-state index in [4.69, 9.17) is 42.9 Å². The third kappa shape index (κ3) is 21.4. The van der Waals surface area contributed by atoms with Crippen LogP contribution in [0.4, 0.5) is 0 Å². The minimum atomic E-state index is -0.778. The molecule has 0 aromatic heterocycles. The van der Waals surface area contributed by atoms with E-state index in [2.05, 4.69) is 29.9 Å². The van der Waals surface area contributed by atoms with Gasteiger partial charge in [0.05, 0.1) is 51.0 Å². The lowest BCUT2D eigenvalue weighted by Crippen LogP contribution is -2.13. The molecular formula is C56H64N2O14. The van der Waals surface area contributed by atoms with Crippen LogP contribution in [0.2, 0.25) is 0 Å². The molecule has 0 saturated heterocycles. The number of benzene rings is 4. The predicted molar refractivity (Wildman–Crippen MR) is 272 cm³/mol. The Morgan fingerprint density at radius 2 is 1.04 bits per heavy atom. The molecule has 4 aromatic rings. The van der Waals surface area contributed by atoms with Crippen molar-refractivity contribution in [3.05, 3.63) is 156 Å².